The maximum atomic E-state index is 5.80. The van der Waals surface area contributed by atoms with Crippen molar-refractivity contribution < 1.29 is 4.74 Å². The number of rotatable bonds is 7. The molecule has 2 atom stereocenters. The fourth-order valence-corrected chi connectivity index (χ4v) is 2.42. The van der Waals surface area contributed by atoms with Crippen LogP contribution in [0.5, 0.6) is 0 Å². The van der Waals surface area contributed by atoms with Crippen molar-refractivity contribution in [3.63, 3.8) is 0 Å². The first-order chi connectivity index (χ1) is 8.04. The van der Waals surface area contributed by atoms with Gasteiger partial charge in [0, 0.05) is 25.4 Å². The molecule has 17 heavy (non-hydrogen) atoms. The second-order valence-electron chi connectivity index (χ2n) is 5.66. The molecule has 0 aliphatic carbocycles. The van der Waals surface area contributed by atoms with Gasteiger partial charge < -0.3 is 9.64 Å². The first-order valence-corrected chi connectivity index (χ1v) is 7.06. The lowest BCUT2D eigenvalue weighted by Crippen LogP contribution is -2.25. The van der Waals surface area contributed by atoms with Gasteiger partial charge in [0.1, 0.15) is 0 Å². The van der Waals surface area contributed by atoms with E-state index in [9.17, 15) is 0 Å². The molecule has 0 aromatic carbocycles. The van der Waals surface area contributed by atoms with E-state index in [1.54, 1.807) is 0 Å². The zero-order chi connectivity index (χ0) is 12.8. The Morgan fingerprint density at radius 3 is 2.71 bits per heavy atom. The van der Waals surface area contributed by atoms with E-state index >= 15 is 0 Å². The molecule has 1 heterocycles. The molecule has 2 nitrogen and oxygen atoms in total. The Bertz CT molecular complexity index is 237. The summed E-state index contributed by atoms with van der Waals surface area (Å²) < 4.78 is 5.80. The zero-order valence-corrected chi connectivity index (χ0v) is 12.0. The fraction of sp³-hybridized carbons (Fsp3) is 0.867. The molecule has 1 fully saturated rings. The Morgan fingerprint density at radius 1 is 1.41 bits per heavy atom. The van der Waals surface area contributed by atoms with Gasteiger partial charge in [-0.05, 0) is 45.4 Å². The molecule has 1 aliphatic rings. The highest BCUT2D eigenvalue weighted by Gasteiger charge is 2.24. The van der Waals surface area contributed by atoms with Crippen LogP contribution in [0.4, 0.5) is 0 Å². The highest BCUT2D eigenvalue weighted by Crippen LogP contribution is 2.27. The van der Waals surface area contributed by atoms with Gasteiger partial charge in [-0.15, -0.1) is 0 Å². The fourth-order valence-electron chi connectivity index (χ4n) is 2.42. The van der Waals surface area contributed by atoms with Gasteiger partial charge in [0.15, 0.2) is 0 Å². The van der Waals surface area contributed by atoms with E-state index in [0.717, 1.165) is 18.9 Å². The lowest BCUT2D eigenvalue weighted by atomic mass is 9.97. The predicted octanol–water partition coefficient (Wildman–Crippen LogP) is 3.83. The maximum absolute atomic E-state index is 5.80. The topological polar surface area (TPSA) is 12.5 Å². The monoisotopic (exact) mass is 239 g/mol. The number of ether oxygens (including phenoxy) is 1. The molecule has 100 valence electrons. The number of hydrogen-bond acceptors (Lipinski definition) is 2. The molecule has 1 rings (SSSR count). The third kappa shape index (κ3) is 4.71. The molecule has 0 spiro atoms. The van der Waals surface area contributed by atoms with Crippen molar-refractivity contribution in [2.24, 2.45) is 5.92 Å². The second-order valence-corrected chi connectivity index (χ2v) is 5.66. The first kappa shape index (κ1) is 14.6. The van der Waals surface area contributed by atoms with E-state index in [-0.39, 0.29) is 0 Å². The van der Waals surface area contributed by atoms with Crippen molar-refractivity contribution in [3.05, 3.63) is 12.3 Å². The van der Waals surface area contributed by atoms with Crippen LogP contribution >= 0.6 is 0 Å². The van der Waals surface area contributed by atoms with Crippen molar-refractivity contribution >= 4 is 0 Å². The van der Waals surface area contributed by atoms with Gasteiger partial charge >= 0.3 is 0 Å². The van der Waals surface area contributed by atoms with Gasteiger partial charge in [-0.3, -0.25) is 0 Å². The number of nitrogens with zero attached hydrogens (tertiary/aromatic N) is 1. The molecule has 1 saturated heterocycles. The molecule has 0 N–H and O–H groups in total. The van der Waals surface area contributed by atoms with Crippen molar-refractivity contribution in [3.8, 4) is 0 Å². The summed E-state index contributed by atoms with van der Waals surface area (Å²) in [5.41, 5.74) is 1.26. The molecule has 0 saturated carbocycles. The van der Waals surface area contributed by atoms with Crippen LogP contribution in [0.25, 0.3) is 0 Å². The Balaban J connectivity index is 2.21. The molecule has 0 radical (unpaired) electrons. The molecule has 2 unspecified atom stereocenters. The van der Waals surface area contributed by atoms with Crippen molar-refractivity contribution in [1.29, 1.82) is 0 Å². The molecule has 1 aliphatic heterocycles. The third-order valence-corrected chi connectivity index (χ3v) is 3.89. The van der Waals surface area contributed by atoms with Crippen LogP contribution < -0.4 is 0 Å². The minimum Gasteiger partial charge on any atom is -0.378 e. The highest BCUT2D eigenvalue weighted by atomic mass is 16.5. The summed E-state index contributed by atoms with van der Waals surface area (Å²) >= 11 is 0. The van der Waals surface area contributed by atoms with Gasteiger partial charge in [0.05, 0.1) is 6.10 Å². The second kappa shape index (κ2) is 7.05. The first-order valence-electron chi connectivity index (χ1n) is 7.06. The predicted molar refractivity (Wildman–Crippen MR) is 74.0 cm³/mol. The summed E-state index contributed by atoms with van der Waals surface area (Å²) in [6.45, 7) is 11.8. The average molecular weight is 239 g/mol. The average Bonchev–Trinajstić information content (AvgIpc) is 2.73. The highest BCUT2D eigenvalue weighted by molar-refractivity contribution is 4.94. The SMILES string of the molecule is C=C(CCC1COC(CCC)C1)N(C)C(C)C. The summed E-state index contributed by atoms with van der Waals surface area (Å²) in [6, 6.07) is 0.551. The van der Waals surface area contributed by atoms with Crippen LogP contribution in [0.2, 0.25) is 0 Å². The van der Waals surface area contributed by atoms with Crippen molar-refractivity contribution in [2.75, 3.05) is 13.7 Å². The van der Waals surface area contributed by atoms with Crippen LogP contribution in [-0.2, 0) is 4.74 Å². The molecular formula is C15H29NO. The van der Waals surface area contributed by atoms with Gasteiger partial charge in [0.2, 0.25) is 0 Å². The molecule has 0 amide bonds. The van der Waals surface area contributed by atoms with E-state index in [1.807, 2.05) is 0 Å². The van der Waals surface area contributed by atoms with Gasteiger partial charge in [0.25, 0.3) is 0 Å². The summed E-state index contributed by atoms with van der Waals surface area (Å²) in [4.78, 5) is 2.28. The van der Waals surface area contributed by atoms with Crippen LogP contribution in [0.1, 0.15) is 52.9 Å². The van der Waals surface area contributed by atoms with E-state index in [2.05, 4.69) is 39.3 Å². The number of allylic oxidation sites excluding steroid dienone is 1. The van der Waals surface area contributed by atoms with Crippen LogP contribution in [0, 0.1) is 5.92 Å². The lowest BCUT2D eigenvalue weighted by molar-refractivity contribution is 0.0990. The van der Waals surface area contributed by atoms with E-state index in [0.29, 0.717) is 12.1 Å². The Morgan fingerprint density at radius 2 is 2.12 bits per heavy atom. The minimum absolute atomic E-state index is 0.529. The maximum Gasteiger partial charge on any atom is 0.0578 e. The molecular weight excluding hydrogens is 210 g/mol. The van der Waals surface area contributed by atoms with Crippen LogP contribution in [-0.4, -0.2) is 30.7 Å². The summed E-state index contributed by atoms with van der Waals surface area (Å²) in [5, 5.41) is 0. The van der Waals surface area contributed by atoms with Crippen LogP contribution in [0.3, 0.4) is 0 Å². The normalized spacial score (nSPS) is 24.3. The van der Waals surface area contributed by atoms with Gasteiger partial charge in [-0.1, -0.05) is 19.9 Å². The molecule has 0 bridgehead atoms. The van der Waals surface area contributed by atoms with Crippen LogP contribution in [0.15, 0.2) is 12.3 Å². The molecule has 0 aromatic heterocycles. The molecule has 0 aromatic rings. The summed E-state index contributed by atoms with van der Waals surface area (Å²) in [6.07, 6.45) is 6.59. The van der Waals surface area contributed by atoms with E-state index in [1.165, 1.54) is 31.4 Å². The van der Waals surface area contributed by atoms with E-state index < -0.39 is 0 Å². The quantitative estimate of drug-likeness (QED) is 0.669. The summed E-state index contributed by atoms with van der Waals surface area (Å²) in [7, 11) is 2.14. The molecule has 2 heteroatoms. The Hall–Kier alpha value is -0.500. The van der Waals surface area contributed by atoms with Gasteiger partial charge in [-0.2, -0.15) is 0 Å². The smallest absolute Gasteiger partial charge is 0.0578 e. The third-order valence-electron chi connectivity index (χ3n) is 3.89. The number of hydrogen-bond donors (Lipinski definition) is 0. The van der Waals surface area contributed by atoms with E-state index in [4.69, 9.17) is 4.74 Å². The Labute approximate surface area is 107 Å². The summed E-state index contributed by atoms with van der Waals surface area (Å²) in [5.74, 6) is 0.754. The standard InChI is InChI=1S/C15H29NO/c1-6-7-15-10-14(11-17-15)9-8-13(4)16(5)12(2)3/h12,14-15H,4,6-11H2,1-3,5H3. The van der Waals surface area contributed by atoms with Crippen molar-refractivity contribution in [2.45, 2.75) is 65.0 Å². The van der Waals surface area contributed by atoms with Gasteiger partial charge in [-0.25, -0.2) is 0 Å². The zero-order valence-electron chi connectivity index (χ0n) is 12.0. The minimum atomic E-state index is 0.529. The largest absolute Gasteiger partial charge is 0.378 e. The van der Waals surface area contributed by atoms with Crippen molar-refractivity contribution in [1.82, 2.24) is 4.90 Å². The Kier molecular flexibility index (Phi) is 6.04. The lowest BCUT2D eigenvalue weighted by Gasteiger charge is -2.26.